The molecule has 0 aliphatic carbocycles. The molecule has 1 rings (SSSR count). The van der Waals surface area contributed by atoms with Crippen LogP contribution in [0.2, 0.25) is 0 Å². The number of hydrogen-bond acceptors (Lipinski definition) is 4. The van der Waals surface area contributed by atoms with E-state index in [0.717, 1.165) is 10.9 Å². The molecule has 0 radical (unpaired) electrons. The molecule has 1 amide bonds. The van der Waals surface area contributed by atoms with E-state index in [1.165, 1.54) is 0 Å². The van der Waals surface area contributed by atoms with Crippen LogP contribution in [0, 0.1) is 0 Å². The van der Waals surface area contributed by atoms with Gasteiger partial charge in [-0.15, -0.1) is 0 Å². The van der Waals surface area contributed by atoms with Crippen molar-refractivity contribution in [3.05, 3.63) is 16.7 Å². The predicted octanol–water partition coefficient (Wildman–Crippen LogP) is 1.39. The zero-order chi connectivity index (χ0) is 12.8. The summed E-state index contributed by atoms with van der Waals surface area (Å²) in [5.74, 6) is 0.686. The molecule has 5 nitrogen and oxygen atoms in total. The summed E-state index contributed by atoms with van der Waals surface area (Å²) in [5, 5.41) is 2.82. The topological polar surface area (TPSA) is 71.2 Å². The van der Waals surface area contributed by atoms with Gasteiger partial charge in [-0.3, -0.25) is 4.79 Å². The molecule has 0 spiro atoms. The van der Waals surface area contributed by atoms with Gasteiger partial charge >= 0.3 is 0 Å². The number of aromatic nitrogens is 1. The summed E-state index contributed by atoms with van der Waals surface area (Å²) >= 11 is 3.37. The number of anilines is 2. The number of hydrogen-bond donors (Lipinski definition) is 2. The SMILES string of the molecule is CCCNC(=O)CN(C)c1ncc(N)cc1Br. The lowest BCUT2D eigenvalue weighted by atomic mass is 10.4. The summed E-state index contributed by atoms with van der Waals surface area (Å²) in [5.41, 5.74) is 6.19. The molecule has 6 heteroatoms. The van der Waals surface area contributed by atoms with Crippen molar-refractivity contribution in [3.8, 4) is 0 Å². The Morgan fingerprint density at radius 2 is 2.35 bits per heavy atom. The molecule has 0 aliphatic heterocycles. The van der Waals surface area contributed by atoms with E-state index in [4.69, 9.17) is 5.73 Å². The number of halogens is 1. The van der Waals surface area contributed by atoms with Crippen LogP contribution in [0.15, 0.2) is 16.7 Å². The first-order valence-corrected chi connectivity index (χ1v) is 6.22. The molecular weight excluding hydrogens is 284 g/mol. The van der Waals surface area contributed by atoms with Gasteiger partial charge < -0.3 is 16.0 Å². The number of nitrogens with two attached hydrogens (primary N) is 1. The summed E-state index contributed by atoms with van der Waals surface area (Å²) in [6.45, 7) is 2.99. The van der Waals surface area contributed by atoms with Crippen molar-refractivity contribution >= 4 is 33.3 Å². The van der Waals surface area contributed by atoms with Crippen molar-refractivity contribution in [3.63, 3.8) is 0 Å². The molecule has 3 N–H and O–H groups in total. The second-order valence-corrected chi connectivity index (χ2v) is 4.63. The van der Waals surface area contributed by atoms with E-state index < -0.39 is 0 Å². The Morgan fingerprint density at radius 1 is 1.65 bits per heavy atom. The molecule has 0 saturated carbocycles. The largest absolute Gasteiger partial charge is 0.397 e. The molecule has 94 valence electrons. The third-order valence-corrected chi connectivity index (χ3v) is 2.74. The molecule has 0 aliphatic rings. The normalized spacial score (nSPS) is 10.1. The minimum absolute atomic E-state index is 0.0140. The average molecular weight is 301 g/mol. The van der Waals surface area contributed by atoms with Crippen LogP contribution < -0.4 is 16.0 Å². The molecule has 17 heavy (non-hydrogen) atoms. The van der Waals surface area contributed by atoms with Crippen LogP contribution in [0.5, 0.6) is 0 Å². The standard InChI is InChI=1S/C11H17BrN4O/c1-3-4-14-10(17)7-16(2)11-9(12)5-8(13)6-15-11/h5-6H,3-4,7,13H2,1-2H3,(H,14,17). The van der Waals surface area contributed by atoms with E-state index in [9.17, 15) is 4.79 Å². The number of nitrogens with zero attached hydrogens (tertiary/aromatic N) is 2. The molecule has 1 heterocycles. The van der Waals surface area contributed by atoms with Gasteiger partial charge in [0.25, 0.3) is 0 Å². The summed E-state index contributed by atoms with van der Waals surface area (Å²) in [6, 6.07) is 1.77. The first-order valence-electron chi connectivity index (χ1n) is 5.43. The Labute approximate surface area is 110 Å². The monoisotopic (exact) mass is 300 g/mol. The van der Waals surface area contributed by atoms with E-state index in [1.54, 1.807) is 17.2 Å². The van der Waals surface area contributed by atoms with Gasteiger partial charge in [0.1, 0.15) is 5.82 Å². The molecule has 0 bridgehead atoms. The lowest BCUT2D eigenvalue weighted by Crippen LogP contribution is -2.35. The van der Waals surface area contributed by atoms with Crippen molar-refractivity contribution in [2.24, 2.45) is 0 Å². The Hall–Kier alpha value is -1.30. The van der Waals surface area contributed by atoms with Crippen molar-refractivity contribution in [1.29, 1.82) is 0 Å². The van der Waals surface area contributed by atoms with Gasteiger partial charge in [-0.1, -0.05) is 6.92 Å². The van der Waals surface area contributed by atoms with Crippen LogP contribution in [-0.2, 0) is 4.79 Å². The van der Waals surface area contributed by atoms with Gasteiger partial charge in [0.2, 0.25) is 5.91 Å². The lowest BCUT2D eigenvalue weighted by molar-refractivity contribution is -0.119. The molecule has 0 saturated heterocycles. The smallest absolute Gasteiger partial charge is 0.239 e. The number of amides is 1. The van der Waals surface area contributed by atoms with Gasteiger partial charge in [-0.25, -0.2) is 4.98 Å². The molecule has 0 atom stereocenters. The van der Waals surface area contributed by atoms with E-state index >= 15 is 0 Å². The zero-order valence-electron chi connectivity index (χ0n) is 10.0. The van der Waals surface area contributed by atoms with Crippen LogP contribution in [0.4, 0.5) is 11.5 Å². The van der Waals surface area contributed by atoms with Gasteiger partial charge in [0.05, 0.1) is 22.9 Å². The van der Waals surface area contributed by atoms with E-state index in [1.807, 2.05) is 14.0 Å². The van der Waals surface area contributed by atoms with Gasteiger partial charge in [0.15, 0.2) is 0 Å². The van der Waals surface area contributed by atoms with Gasteiger partial charge in [-0.05, 0) is 28.4 Å². The Morgan fingerprint density at radius 3 is 2.94 bits per heavy atom. The second-order valence-electron chi connectivity index (χ2n) is 3.78. The maximum atomic E-state index is 11.5. The predicted molar refractivity (Wildman–Crippen MR) is 72.9 cm³/mol. The number of pyridine rings is 1. The zero-order valence-corrected chi connectivity index (χ0v) is 11.6. The molecule has 1 aromatic rings. The van der Waals surface area contributed by atoms with Crippen molar-refractivity contribution in [2.45, 2.75) is 13.3 Å². The van der Waals surface area contributed by atoms with Crippen LogP contribution in [0.3, 0.4) is 0 Å². The number of nitrogen functional groups attached to an aromatic ring is 1. The Balaban J connectivity index is 2.63. The van der Waals surface area contributed by atoms with Crippen molar-refractivity contribution in [2.75, 3.05) is 30.8 Å². The number of carbonyl (C=O) groups is 1. The maximum absolute atomic E-state index is 11.5. The van der Waals surface area contributed by atoms with E-state index in [0.29, 0.717) is 18.1 Å². The third-order valence-electron chi connectivity index (χ3n) is 2.16. The second kappa shape index (κ2) is 6.44. The quantitative estimate of drug-likeness (QED) is 0.862. The first kappa shape index (κ1) is 13.8. The highest BCUT2D eigenvalue weighted by Crippen LogP contribution is 2.24. The Kier molecular flexibility index (Phi) is 5.21. The summed E-state index contributed by atoms with van der Waals surface area (Å²) in [6.07, 6.45) is 2.50. The molecule has 0 aromatic carbocycles. The fraction of sp³-hybridized carbons (Fsp3) is 0.455. The fourth-order valence-electron chi connectivity index (χ4n) is 1.34. The van der Waals surface area contributed by atoms with Gasteiger partial charge in [0, 0.05) is 13.6 Å². The lowest BCUT2D eigenvalue weighted by Gasteiger charge is -2.19. The number of carbonyl (C=O) groups excluding carboxylic acids is 1. The molecule has 0 fully saturated rings. The number of rotatable bonds is 5. The number of likely N-dealkylation sites (N-methyl/N-ethyl adjacent to an activating group) is 1. The third kappa shape index (κ3) is 4.22. The summed E-state index contributed by atoms with van der Waals surface area (Å²) in [4.78, 5) is 17.5. The van der Waals surface area contributed by atoms with Gasteiger partial charge in [-0.2, -0.15) is 0 Å². The molecule has 0 unspecified atom stereocenters. The summed E-state index contributed by atoms with van der Waals surface area (Å²) in [7, 11) is 1.81. The Bertz CT molecular complexity index is 397. The van der Waals surface area contributed by atoms with Crippen LogP contribution >= 0.6 is 15.9 Å². The van der Waals surface area contributed by atoms with E-state index in [-0.39, 0.29) is 12.5 Å². The minimum atomic E-state index is -0.0140. The summed E-state index contributed by atoms with van der Waals surface area (Å²) < 4.78 is 0.781. The fourth-order valence-corrected chi connectivity index (χ4v) is 2.01. The molecular formula is C11H17BrN4O. The van der Waals surface area contributed by atoms with Crippen molar-refractivity contribution < 1.29 is 4.79 Å². The molecule has 1 aromatic heterocycles. The minimum Gasteiger partial charge on any atom is -0.397 e. The van der Waals surface area contributed by atoms with E-state index in [2.05, 4.69) is 26.2 Å². The maximum Gasteiger partial charge on any atom is 0.239 e. The average Bonchev–Trinajstić information content (AvgIpc) is 2.26. The van der Waals surface area contributed by atoms with Crippen molar-refractivity contribution in [1.82, 2.24) is 10.3 Å². The van der Waals surface area contributed by atoms with Crippen LogP contribution in [-0.4, -0.2) is 31.0 Å². The number of nitrogens with one attached hydrogen (secondary N) is 1. The highest BCUT2D eigenvalue weighted by molar-refractivity contribution is 9.10. The highest BCUT2D eigenvalue weighted by atomic mass is 79.9. The highest BCUT2D eigenvalue weighted by Gasteiger charge is 2.11. The van der Waals surface area contributed by atoms with Crippen LogP contribution in [0.25, 0.3) is 0 Å². The first-order chi connectivity index (χ1) is 8.04. The van der Waals surface area contributed by atoms with Crippen LogP contribution in [0.1, 0.15) is 13.3 Å².